The average Bonchev–Trinajstić information content (AvgIpc) is 3.32. The number of pyridine rings is 1. The van der Waals surface area contributed by atoms with Gasteiger partial charge in [0.15, 0.2) is 5.96 Å². The lowest BCUT2D eigenvalue weighted by Crippen LogP contribution is -2.57. The summed E-state index contributed by atoms with van der Waals surface area (Å²) in [7, 11) is -4.86. The van der Waals surface area contributed by atoms with Crippen molar-refractivity contribution in [2.24, 2.45) is 27.6 Å². The van der Waals surface area contributed by atoms with Gasteiger partial charge in [0, 0.05) is 62.2 Å². The number of carbonyl (C=O) groups excluding carboxylic acids is 6. The lowest BCUT2D eigenvalue weighted by atomic mass is 9.85. The third-order valence-electron chi connectivity index (χ3n) is 11.7. The van der Waals surface area contributed by atoms with E-state index in [4.69, 9.17) is 28.8 Å². The number of likely N-dealkylation sites (tertiary alicyclic amines) is 1. The van der Waals surface area contributed by atoms with Gasteiger partial charge in [-0.1, -0.05) is 32.4 Å². The molecule has 404 valence electrons. The topological polar surface area (TPSA) is 353 Å². The fraction of sp³-hybridized carbons (Fsp3) is 0.468. The van der Waals surface area contributed by atoms with Gasteiger partial charge in [0.05, 0.1) is 27.6 Å². The Morgan fingerprint density at radius 1 is 0.892 bits per heavy atom. The third-order valence-corrected chi connectivity index (χ3v) is 13.5. The lowest BCUT2D eigenvalue weighted by Gasteiger charge is -2.37. The zero-order valence-electron chi connectivity index (χ0n) is 41.1. The van der Waals surface area contributed by atoms with E-state index in [0.717, 1.165) is 6.07 Å². The number of sulfonamides is 1. The number of alkyl halides is 3. The van der Waals surface area contributed by atoms with Crippen molar-refractivity contribution in [3.8, 4) is 0 Å². The molecule has 74 heavy (non-hydrogen) atoms. The molecule has 6 amide bonds. The van der Waals surface area contributed by atoms with E-state index in [2.05, 4.69) is 36.6 Å². The van der Waals surface area contributed by atoms with Crippen LogP contribution < -0.4 is 48.5 Å². The number of rotatable bonds is 23. The first-order valence-corrected chi connectivity index (χ1v) is 25.1. The van der Waals surface area contributed by atoms with Gasteiger partial charge in [-0.05, 0) is 105 Å². The van der Waals surface area contributed by atoms with E-state index >= 15 is 0 Å². The van der Waals surface area contributed by atoms with Crippen molar-refractivity contribution in [1.29, 1.82) is 0 Å². The summed E-state index contributed by atoms with van der Waals surface area (Å²) in [6, 6.07) is 6.21. The maximum absolute atomic E-state index is 14.0. The number of hydrogen-bond donors (Lipinski definition) is 10. The number of halogens is 4. The molecule has 0 unspecified atom stereocenters. The Balaban J connectivity index is 1.33. The third kappa shape index (κ3) is 18.2. The number of aromatic nitrogens is 1. The van der Waals surface area contributed by atoms with E-state index in [1.165, 1.54) is 36.7 Å². The van der Waals surface area contributed by atoms with Crippen molar-refractivity contribution in [1.82, 2.24) is 35.9 Å². The van der Waals surface area contributed by atoms with Crippen LogP contribution in [0.1, 0.15) is 87.7 Å². The molecule has 1 saturated heterocycles. The van der Waals surface area contributed by atoms with Crippen molar-refractivity contribution in [2.45, 2.75) is 113 Å². The molecular weight excluding hydrogens is 1020 g/mol. The van der Waals surface area contributed by atoms with E-state index < -0.39 is 110 Å². The van der Waals surface area contributed by atoms with Crippen LogP contribution in [0.25, 0.3) is 0 Å². The van der Waals surface area contributed by atoms with Crippen LogP contribution in [-0.2, 0) is 51.4 Å². The van der Waals surface area contributed by atoms with Crippen LogP contribution in [0.3, 0.4) is 0 Å². The van der Waals surface area contributed by atoms with Crippen LogP contribution in [0, 0.1) is 5.41 Å². The molecule has 0 aliphatic carbocycles. The number of aliphatic carboxylic acids is 1. The minimum Gasteiger partial charge on any atom is -0.480 e. The number of carbonyl (C=O) groups is 7. The summed E-state index contributed by atoms with van der Waals surface area (Å²) in [5.74, 6) is -5.56. The standard InChI is InChI=1S/C47H62ClF3N12O10S/c1-45(2,3)38(41(68)59-29-8-6-28(7-9-29)39(66)58-30-16-22-63(23-17-30)43(71)46(4,54)18-5-19-56-44(52)53)61-40(67)35(24-27-14-20-55-21-15-27)60-37(65)26-57-36(64)13-12-34(42(69)70)62-74(72,73)31-10-11-33(48)32(25-31)47(49,50)51/h6-11,14-15,20-21,25,30,34-35,38,62H,5,12-13,16-19,22-24,26,54H2,1-4H3,(H,57,64)(H,58,66)(H,59,68)(H,60,65)(H,61,67)(H,69,70)(H4,52,53,56)/t34-,35-,38+,46-/m0/s1. The number of amides is 6. The van der Waals surface area contributed by atoms with Crippen LogP contribution in [0.5, 0.6) is 0 Å². The highest BCUT2D eigenvalue weighted by molar-refractivity contribution is 7.89. The van der Waals surface area contributed by atoms with Gasteiger partial charge >= 0.3 is 12.1 Å². The number of nitrogens with one attached hydrogen (secondary N) is 6. The van der Waals surface area contributed by atoms with Crippen LogP contribution in [0.4, 0.5) is 18.9 Å². The fourth-order valence-electron chi connectivity index (χ4n) is 7.58. The molecule has 2 aromatic carbocycles. The van der Waals surface area contributed by atoms with Gasteiger partial charge in [0.2, 0.25) is 39.6 Å². The van der Waals surface area contributed by atoms with Gasteiger partial charge in [-0.2, -0.15) is 17.9 Å². The number of carboxylic acid groups (broad SMARTS) is 1. The minimum atomic E-state index is -5.02. The molecular formula is C47H62ClF3N12O10S. The highest BCUT2D eigenvalue weighted by Crippen LogP contribution is 2.36. The second kappa shape index (κ2) is 25.9. The van der Waals surface area contributed by atoms with Gasteiger partial charge in [-0.25, -0.2) is 8.42 Å². The smallest absolute Gasteiger partial charge is 0.417 e. The van der Waals surface area contributed by atoms with Crippen molar-refractivity contribution in [3.63, 3.8) is 0 Å². The Hall–Kier alpha value is -6.90. The Labute approximate surface area is 430 Å². The molecule has 1 fully saturated rings. The summed E-state index contributed by atoms with van der Waals surface area (Å²) in [6.45, 7) is 7.17. The predicted molar refractivity (Wildman–Crippen MR) is 266 cm³/mol. The van der Waals surface area contributed by atoms with Gasteiger partial charge in [0.1, 0.15) is 18.1 Å². The average molecular weight is 1080 g/mol. The van der Waals surface area contributed by atoms with Gasteiger partial charge in [-0.15, -0.1) is 0 Å². The first-order valence-electron chi connectivity index (χ1n) is 23.2. The summed E-state index contributed by atoms with van der Waals surface area (Å²) in [5, 5.41) is 22.1. The van der Waals surface area contributed by atoms with E-state index in [9.17, 15) is 60.3 Å². The van der Waals surface area contributed by atoms with Crippen molar-refractivity contribution in [3.05, 3.63) is 88.7 Å². The van der Waals surface area contributed by atoms with Crippen LogP contribution in [-0.4, -0.2) is 127 Å². The summed E-state index contributed by atoms with van der Waals surface area (Å²) >= 11 is 5.57. The molecule has 0 bridgehead atoms. The maximum atomic E-state index is 14.0. The molecule has 3 aromatic rings. The molecule has 1 aliphatic heterocycles. The van der Waals surface area contributed by atoms with E-state index in [1.54, 1.807) is 49.4 Å². The highest BCUT2D eigenvalue weighted by Gasteiger charge is 2.38. The minimum absolute atomic E-state index is 0.0378. The van der Waals surface area contributed by atoms with Gasteiger partial charge in [-0.3, -0.25) is 43.5 Å². The van der Waals surface area contributed by atoms with Crippen molar-refractivity contribution in [2.75, 3.05) is 31.5 Å². The Kier molecular flexibility index (Phi) is 20.8. The highest BCUT2D eigenvalue weighted by atomic mass is 35.5. The van der Waals surface area contributed by atoms with Gasteiger partial charge < -0.3 is 53.8 Å². The molecule has 2 heterocycles. The monoisotopic (exact) mass is 1080 g/mol. The van der Waals surface area contributed by atoms with E-state index in [-0.39, 0.29) is 36.3 Å². The summed E-state index contributed by atoms with van der Waals surface area (Å²) in [6.07, 6.45) is -1.63. The number of nitrogens with two attached hydrogens (primary N) is 3. The second-order valence-electron chi connectivity index (χ2n) is 18.9. The Morgan fingerprint density at radius 3 is 2.11 bits per heavy atom. The number of nitrogens with zero attached hydrogens (tertiary/aromatic N) is 3. The van der Waals surface area contributed by atoms with E-state index in [0.29, 0.717) is 68.2 Å². The number of guanidine groups is 1. The molecule has 1 aromatic heterocycles. The number of benzene rings is 2. The van der Waals surface area contributed by atoms with Crippen LogP contribution in [0.15, 0.2) is 76.9 Å². The SMILES string of the molecule is CC(C)(C)[C@H](NC(=O)[C@H](Cc1ccncc1)NC(=O)CNC(=O)CC[C@H](NS(=O)(=O)c1ccc(Cl)c(C(F)(F)F)c1)C(=O)O)C(=O)Nc1ccc(C(=O)NC2CCN(C(=O)[C@@](C)(N)CCCN=C(N)N)CC2)cc1. The normalized spacial score (nSPS) is 15.3. The number of carboxylic acids is 1. The summed E-state index contributed by atoms with van der Waals surface area (Å²) in [5.41, 5.74) is 14.7. The predicted octanol–water partition coefficient (Wildman–Crippen LogP) is 1.77. The largest absolute Gasteiger partial charge is 0.480 e. The number of hydrogen-bond acceptors (Lipinski definition) is 12. The van der Waals surface area contributed by atoms with Crippen molar-refractivity contribution < 1.29 is 60.3 Å². The Morgan fingerprint density at radius 2 is 1.53 bits per heavy atom. The first-order chi connectivity index (χ1) is 34.5. The molecule has 0 saturated carbocycles. The van der Waals surface area contributed by atoms with E-state index in [1.807, 2.05) is 0 Å². The summed E-state index contributed by atoms with van der Waals surface area (Å²) < 4.78 is 67.5. The molecule has 0 radical (unpaired) electrons. The van der Waals surface area contributed by atoms with Crippen molar-refractivity contribution >= 4 is 74.7 Å². The molecule has 22 nitrogen and oxygen atoms in total. The molecule has 27 heteroatoms. The number of anilines is 1. The Bertz CT molecular complexity index is 2640. The quantitative estimate of drug-likeness (QED) is 0.0368. The van der Waals surface area contributed by atoms with Crippen LogP contribution >= 0.6 is 11.6 Å². The fourth-order valence-corrected chi connectivity index (χ4v) is 9.06. The zero-order chi connectivity index (χ0) is 55.2. The van der Waals surface area contributed by atoms with Crippen LogP contribution in [0.2, 0.25) is 5.02 Å². The molecule has 4 atom stereocenters. The lowest BCUT2D eigenvalue weighted by molar-refractivity contribution is -0.140. The zero-order valence-corrected chi connectivity index (χ0v) is 42.6. The summed E-state index contributed by atoms with van der Waals surface area (Å²) in [4.78, 5) is 101. The van der Waals surface area contributed by atoms with Gasteiger partial charge in [0.25, 0.3) is 5.91 Å². The molecule has 4 rings (SSSR count). The second-order valence-corrected chi connectivity index (χ2v) is 21.0. The molecule has 1 aliphatic rings. The maximum Gasteiger partial charge on any atom is 0.417 e. The first kappa shape index (κ1) is 59.7. The number of piperidine rings is 1. The molecule has 13 N–H and O–H groups in total. The number of aliphatic imine (C=N–C) groups is 1. The molecule has 0 spiro atoms.